The Kier molecular flexibility index (Phi) is 4.94. The summed E-state index contributed by atoms with van der Waals surface area (Å²) in [6.07, 6.45) is 3.26. The third kappa shape index (κ3) is 4.33. The van der Waals surface area contributed by atoms with Crippen LogP contribution in [-0.2, 0) is 16.1 Å². The van der Waals surface area contributed by atoms with Gasteiger partial charge in [-0.25, -0.2) is 4.98 Å². The second kappa shape index (κ2) is 7.30. The van der Waals surface area contributed by atoms with Gasteiger partial charge in [0.05, 0.1) is 13.2 Å². The first-order valence-corrected chi connectivity index (χ1v) is 7.59. The van der Waals surface area contributed by atoms with Crippen molar-refractivity contribution in [1.29, 1.82) is 0 Å². The summed E-state index contributed by atoms with van der Waals surface area (Å²) in [5.41, 5.74) is 0.983. The molecule has 8 heteroatoms. The van der Waals surface area contributed by atoms with Crippen LogP contribution >= 0.6 is 0 Å². The molecular weight excluding hydrogens is 296 g/mol. The second-order valence-electron chi connectivity index (χ2n) is 5.51. The van der Waals surface area contributed by atoms with Gasteiger partial charge in [0.15, 0.2) is 5.82 Å². The van der Waals surface area contributed by atoms with Gasteiger partial charge in [-0.15, -0.1) is 0 Å². The van der Waals surface area contributed by atoms with Crippen LogP contribution in [0.1, 0.15) is 23.3 Å². The molecule has 2 aromatic rings. The number of hydrogen-bond acceptors (Lipinski definition) is 6. The fraction of sp³-hybridized carbons (Fsp3) is 0.467. The van der Waals surface area contributed by atoms with Crippen LogP contribution in [0.3, 0.4) is 0 Å². The van der Waals surface area contributed by atoms with Crippen LogP contribution in [-0.4, -0.2) is 57.2 Å². The van der Waals surface area contributed by atoms with Crippen molar-refractivity contribution in [2.24, 2.45) is 0 Å². The number of aryl methyl sites for hydroxylation is 1. The molecule has 0 radical (unpaired) electrons. The van der Waals surface area contributed by atoms with Crippen molar-refractivity contribution in [3.63, 3.8) is 0 Å². The lowest BCUT2D eigenvalue weighted by Crippen LogP contribution is -2.44. The summed E-state index contributed by atoms with van der Waals surface area (Å²) in [7, 11) is 0. The molecule has 2 aromatic heterocycles. The molecule has 23 heavy (non-hydrogen) atoms. The van der Waals surface area contributed by atoms with Crippen molar-refractivity contribution >= 4 is 5.91 Å². The van der Waals surface area contributed by atoms with Crippen LogP contribution in [0.5, 0.6) is 0 Å². The SMILES string of the molecule is Cc1nc([C@H]2CN(CC(=O)NCc3cccnc3)CCO2)n[nH]1. The van der Waals surface area contributed by atoms with Crippen LogP contribution in [0.2, 0.25) is 0 Å². The lowest BCUT2D eigenvalue weighted by molar-refractivity contribution is -0.124. The number of rotatable bonds is 5. The van der Waals surface area contributed by atoms with Gasteiger partial charge in [0.2, 0.25) is 5.91 Å². The Morgan fingerprint density at radius 2 is 2.48 bits per heavy atom. The Bertz CT molecular complexity index is 644. The highest BCUT2D eigenvalue weighted by molar-refractivity contribution is 5.78. The molecule has 1 saturated heterocycles. The predicted octanol–water partition coefficient (Wildman–Crippen LogP) is 0.198. The summed E-state index contributed by atoms with van der Waals surface area (Å²) in [5.74, 6) is 1.39. The molecular formula is C15H20N6O2. The summed E-state index contributed by atoms with van der Waals surface area (Å²) in [6.45, 7) is 4.57. The number of nitrogens with zero attached hydrogens (tertiary/aromatic N) is 4. The maximum Gasteiger partial charge on any atom is 0.234 e. The number of hydrogen-bond donors (Lipinski definition) is 2. The van der Waals surface area contributed by atoms with Gasteiger partial charge in [-0.2, -0.15) is 5.10 Å². The molecule has 1 aliphatic rings. The third-order valence-electron chi connectivity index (χ3n) is 3.63. The number of pyridine rings is 1. The zero-order valence-corrected chi connectivity index (χ0v) is 13.0. The van der Waals surface area contributed by atoms with E-state index < -0.39 is 0 Å². The van der Waals surface area contributed by atoms with Crippen molar-refractivity contribution < 1.29 is 9.53 Å². The Morgan fingerprint density at radius 3 is 3.22 bits per heavy atom. The fourth-order valence-electron chi connectivity index (χ4n) is 2.47. The first-order valence-electron chi connectivity index (χ1n) is 7.59. The minimum absolute atomic E-state index is 0.0133. The lowest BCUT2D eigenvalue weighted by Gasteiger charge is -2.30. The quantitative estimate of drug-likeness (QED) is 0.818. The van der Waals surface area contributed by atoms with Crippen LogP contribution < -0.4 is 5.32 Å². The Hall–Kier alpha value is -2.32. The number of amides is 1. The predicted molar refractivity (Wildman–Crippen MR) is 82.3 cm³/mol. The first kappa shape index (κ1) is 15.6. The van der Waals surface area contributed by atoms with Crippen LogP contribution in [0.4, 0.5) is 0 Å². The van der Waals surface area contributed by atoms with Crippen LogP contribution in [0, 0.1) is 6.92 Å². The van der Waals surface area contributed by atoms with Crippen LogP contribution in [0.25, 0.3) is 0 Å². The van der Waals surface area contributed by atoms with E-state index in [9.17, 15) is 4.79 Å². The van der Waals surface area contributed by atoms with Crippen LogP contribution in [0.15, 0.2) is 24.5 Å². The van der Waals surface area contributed by atoms with E-state index >= 15 is 0 Å². The smallest absolute Gasteiger partial charge is 0.234 e. The highest BCUT2D eigenvalue weighted by Crippen LogP contribution is 2.18. The molecule has 0 saturated carbocycles. The number of aromatic nitrogens is 4. The van der Waals surface area contributed by atoms with E-state index in [0.717, 1.165) is 17.9 Å². The number of nitrogens with one attached hydrogen (secondary N) is 2. The molecule has 1 amide bonds. The van der Waals surface area contributed by atoms with Crippen molar-refractivity contribution in [2.45, 2.75) is 19.6 Å². The number of H-pyrrole nitrogens is 1. The Labute approximate surface area is 134 Å². The maximum absolute atomic E-state index is 12.1. The van der Waals surface area contributed by atoms with Gasteiger partial charge in [-0.05, 0) is 18.6 Å². The van der Waals surface area contributed by atoms with E-state index in [1.807, 2.05) is 19.1 Å². The highest BCUT2D eigenvalue weighted by Gasteiger charge is 2.26. The summed E-state index contributed by atoms with van der Waals surface area (Å²) in [4.78, 5) is 22.5. The second-order valence-corrected chi connectivity index (χ2v) is 5.51. The molecule has 1 fully saturated rings. The van der Waals surface area contributed by atoms with Gasteiger partial charge in [-0.1, -0.05) is 6.07 Å². The number of morpholine rings is 1. The number of carbonyl (C=O) groups is 1. The zero-order chi connectivity index (χ0) is 16.1. The van der Waals surface area contributed by atoms with Gasteiger partial charge in [0.25, 0.3) is 0 Å². The van der Waals surface area contributed by atoms with Crippen molar-refractivity contribution in [1.82, 2.24) is 30.4 Å². The molecule has 3 heterocycles. The molecule has 3 rings (SSSR count). The molecule has 0 unspecified atom stereocenters. The lowest BCUT2D eigenvalue weighted by atomic mass is 10.2. The van der Waals surface area contributed by atoms with Crippen molar-refractivity contribution in [3.05, 3.63) is 41.7 Å². The summed E-state index contributed by atoms with van der Waals surface area (Å²) < 4.78 is 5.69. The maximum atomic E-state index is 12.1. The molecule has 122 valence electrons. The van der Waals surface area contributed by atoms with E-state index in [1.165, 1.54) is 0 Å². The molecule has 0 aliphatic carbocycles. The average Bonchev–Trinajstić information content (AvgIpc) is 3.01. The summed E-state index contributed by atoms with van der Waals surface area (Å²) in [6, 6.07) is 3.79. The molecule has 0 bridgehead atoms. The van der Waals surface area contributed by atoms with Crippen molar-refractivity contribution in [2.75, 3.05) is 26.2 Å². The zero-order valence-electron chi connectivity index (χ0n) is 13.0. The molecule has 2 N–H and O–H groups in total. The minimum Gasteiger partial charge on any atom is -0.367 e. The van der Waals surface area contributed by atoms with E-state index in [-0.39, 0.29) is 12.0 Å². The highest BCUT2D eigenvalue weighted by atomic mass is 16.5. The Morgan fingerprint density at radius 1 is 1.57 bits per heavy atom. The molecule has 1 aliphatic heterocycles. The fourth-order valence-corrected chi connectivity index (χ4v) is 2.47. The van der Waals surface area contributed by atoms with Gasteiger partial charge < -0.3 is 10.1 Å². The largest absolute Gasteiger partial charge is 0.367 e. The first-order chi connectivity index (χ1) is 11.2. The molecule has 1 atom stereocenters. The van der Waals surface area contributed by atoms with Crippen molar-refractivity contribution in [3.8, 4) is 0 Å². The number of aromatic amines is 1. The summed E-state index contributed by atoms with van der Waals surface area (Å²) >= 11 is 0. The average molecular weight is 316 g/mol. The normalized spacial score (nSPS) is 18.7. The van der Waals surface area contributed by atoms with E-state index in [1.54, 1.807) is 12.4 Å². The third-order valence-corrected chi connectivity index (χ3v) is 3.63. The number of ether oxygens (including phenoxy) is 1. The monoisotopic (exact) mass is 316 g/mol. The standard InChI is InChI=1S/C15H20N6O2/c1-11-18-15(20-19-11)13-9-21(5-6-23-13)10-14(22)17-8-12-3-2-4-16-7-12/h2-4,7,13H,5-6,8-10H2,1H3,(H,17,22)(H,18,19,20)/t13-/m1/s1. The van der Waals surface area contributed by atoms with E-state index in [2.05, 4.69) is 30.4 Å². The van der Waals surface area contributed by atoms with Gasteiger partial charge in [0.1, 0.15) is 11.9 Å². The Balaban J connectivity index is 1.48. The molecule has 8 nitrogen and oxygen atoms in total. The van der Waals surface area contributed by atoms with E-state index in [4.69, 9.17) is 4.74 Å². The molecule has 0 spiro atoms. The van der Waals surface area contributed by atoms with E-state index in [0.29, 0.717) is 32.1 Å². The molecule has 0 aromatic carbocycles. The minimum atomic E-state index is -0.195. The number of carbonyl (C=O) groups excluding carboxylic acids is 1. The van der Waals surface area contributed by atoms with Gasteiger partial charge >= 0.3 is 0 Å². The van der Waals surface area contributed by atoms with Gasteiger partial charge in [0, 0.05) is 32.0 Å². The topological polar surface area (TPSA) is 96.0 Å². The summed E-state index contributed by atoms with van der Waals surface area (Å²) in [5, 5.41) is 9.86. The van der Waals surface area contributed by atoms with Gasteiger partial charge in [-0.3, -0.25) is 19.8 Å².